The monoisotopic (exact) mass is 340 g/mol. The molecule has 0 saturated heterocycles. The Labute approximate surface area is 146 Å². The average Bonchev–Trinajstić information content (AvgIpc) is 2.53. The molecule has 5 heteroatoms. The van der Waals surface area contributed by atoms with Gasteiger partial charge in [0.05, 0.1) is 5.57 Å². The van der Waals surface area contributed by atoms with Crippen molar-refractivity contribution in [2.24, 2.45) is 17.3 Å². The number of esters is 1. The smallest absolute Gasteiger partial charge is 0.302 e. The van der Waals surface area contributed by atoms with Crippen LogP contribution in [0, 0.1) is 17.3 Å². The minimum Gasteiger partial charge on any atom is -0.465 e. The number of hydrogen-bond acceptors (Lipinski definition) is 5. The molecule has 0 bridgehead atoms. The molecule has 0 radical (unpaired) electrons. The van der Waals surface area contributed by atoms with Gasteiger partial charge < -0.3 is 4.74 Å². The molecule has 25 heavy (non-hydrogen) atoms. The van der Waals surface area contributed by atoms with E-state index in [9.17, 15) is 19.2 Å². The van der Waals surface area contributed by atoms with E-state index in [0.29, 0.717) is 11.1 Å². The molecule has 0 amide bonds. The minimum atomic E-state index is -0.680. The van der Waals surface area contributed by atoms with Crippen molar-refractivity contribution in [3.05, 3.63) is 46.6 Å². The van der Waals surface area contributed by atoms with Crippen LogP contribution in [0.1, 0.15) is 27.7 Å². The molecule has 0 saturated carbocycles. The molecule has 0 aromatic carbocycles. The van der Waals surface area contributed by atoms with E-state index in [-0.39, 0.29) is 29.5 Å². The number of ketones is 3. The first-order chi connectivity index (χ1) is 11.6. The molecule has 0 fully saturated rings. The van der Waals surface area contributed by atoms with Gasteiger partial charge in [-0.3, -0.25) is 19.2 Å². The zero-order valence-electron chi connectivity index (χ0n) is 14.7. The molecule has 5 nitrogen and oxygen atoms in total. The summed E-state index contributed by atoms with van der Waals surface area (Å²) < 4.78 is 5.05. The minimum absolute atomic E-state index is 0.0214. The second-order valence-corrected chi connectivity index (χ2v) is 7.24. The third-order valence-electron chi connectivity index (χ3n) is 4.95. The van der Waals surface area contributed by atoms with E-state index >= 15 is 0 Å². The van der Waals surface area contributed by atoms with Gasteiger partial charge in [-0.25, -0.2) is 0 Å². The predicted molar refractivity (Wildman–Crippen MR) is 90.4 cm³/mol. The van der Waals surface area contributed by atoms with Gasteiger partial charge in [0.2, 0.25) is 0 Å². The molecular formula is C20H20O5. The second-order valence-electron chi connectivity index (χ2n) is 7.24. The van der Waals surface area contributed by atoms with Crippen molar-refractivity contribution in [2.75, 3.05) is 6.61 Å². The Bertz CT molecular complexity index is 832. The van der Waals surface area contributed by atoms with Crippen LogP contribution in [0.3, 0.4) is 0 Å². The Balaban J connectivity index is 2.12. The van der Waals surface area contributed by atoms with Crippen molar-refractivity contribution < 1.29 is 23.9 Å². The van der Waals surface area contributed by atoms with Crippen LogP contribution >= 0.6 is 0 Å². The lowest BCUT2D eigenvalue weighted by atomic mass is 9.64. The van der Waals surface area contributed by atoms with Crippen LogP contribution in [0.25, 0.3) is 0 Å². The Kier molecular flexibility index (Phi) is 3.98. The van der Waals surface area contributed by atoms with E-state index in [2.05, 4.69) is 0 Å². The maximum absolute atomic E-state index is 13.2. The highest BCUT2D eigenvalue weighted by molar-refractivity contribution is 6.38. The van der Waals surface area contributed by atoms with Crippen LogP contribution < -0.4 is 0 Å². The van der Waals surface area contributed by atoms with Crippen LogP contribution in [0.15, 0.2) is 46.6 Å². The van der Waals surface area contributed by atoms with Crippen LogP contribution in [-0.2, 0) is 23.9 Å². The van der Waals surface area contributed by atoms with Crippen molar-refractivity contribution in [3.8, 4) is 0 Å². The summed E-state index contributed by atoms with van der Waals surface area (Å²) in [5, 5.41) is 0. The highest BCUT2D eigenvalue weighted by atomic mass is 16.5. The Morgan fingerprint density at radius 3 is 2.44 bits per heavy atom. The molecule has 2 atom stereocenters. The van der Waals surface area contributed by atoms with Crippen LogP contribution in [0.2, 0.25) is 0 Å². The predicted octanol–water partition coefficient (Wildman–Crippen LogP) is 2.28. The van der Waals surface area contributed by atoms with Gasteiger partial charge in [0, 0.05) is 40.9 Å². The lowest BCUT2D eigenvalue weighted by Crippen LogP contribution is -2.40. The number of ether oxygens (including phenoxy) is 1. The zero-order valence-corrected chi connectivity index (χ0v) is 14.7. The fourth-order valence-corrected chi connectivity index (χ4v) is 3.70. The first kappa shape index (κ1) is 17.3. The molecule has 3 aliphatic rings. The summed E-state index contributed by atoms with van der Waals surface area (Å²) in [6, 6.07) is 0. The zero-order chi connectivity index (χ0) is 18.5. The third kappa shape index (κ3) is 2.64. The van der Waals surface area contributed by atoms with Crippen LogP contribution in [0.4, 0.5) is 0 Å². The topological polar surface area (TPSA) is 77.5 Å². The van der Waals surface area contributed by atoms with Gasteiger partial charge >= 0.3 is 5.97 Å². The Hall–Kier alpha value is -2.56. The Morgan fingerprint density at radius 1 is 1.12 bits per heavy atom. The number of carbonyl (C=O) groups is 4. The van der Waals surface area contributed by atoms with Gasteiger partial charge in [-0.1, -0.05) is 39.0 Å². The molecule has 0 aromatic heterocycles. The van der Waals surface area contributed by atoms with Gasteiger partial charge in [-0.05, 0) is 6.08 Å². The number of hydrogen-bond donors (Lipinski definition) is 0. The van der Waals surface area contributed by atoms with Crippen LogP contribution in [0.5, 0.6) is 0 Å². The highest BCUT2D eigenvalue weighted by Gasteiger charge is 2.47. The number of Topliss-reactive ketones (excluding diaryl/α,β-unsaturated/α-hetero) is 2. The fourth-order valence-electron chi connectivity index (χ4n) is 3.70. The first-order valence-electron chi connectivity index (χ1n) is 8.28. The molecule has 2 unspecified atom stereocenters. The summed E-state index contributed by atoms with van der Waals surface area (Å²) in [7, 11) is 0. The number of rotatable bonds is 2. The maximum Gasteiger partial charge on any atom is 0.302 e. The van der Waals surface area contributed by atoms with Gasteiger partial charge in [-0.15, -0.1) is 0 Å². The molecule has 0 heterocycles. The molecular weight excluding hydrogens is 320 g/mol. The molecule has 130 valence electrons. The van der Waals surface area contributed by atoms with Crippen molar-refractivity contribution >= 4 is 23.3 Å². The Morgan fingerprint density at radius 2 is 1.80 bits per heavy atom. The van der Waals surface area contributed by atoms with E-state index in [4.69, 9.17) is 4.74 Å². The largest absolute Gasteiger partial charge is 0.465 e. The molecule has 3 rings (SSSR count). The molecule has 0 aliphatic heterocycles. The van der Waals surface area contributed by atoms with E-state index in [0.717, 1.165) is 0 Å². The van der Waals surface area contributed by atoms with Gasteiger partial charge in [0.25, 0.3) is 0 Å². The maximum atomic E-state index is 13.2. The summed E-state index contributed by atoms with van der Waals surface area (Å²) in [5.74, 6) is -2.31. The van der Waals surface area contributed by atoms with Gasteiger partial charge in [-0.2, -0.15) is 0 Å². The van der Waals surface area contributed by atoms with Crippen molar-refractivity contribution in [1.82, 2.24) is 0 Å². The number of carbonyl (C=O) groups excluding carboxylic acids is 4. The lowest BCUT2D eigenvalue weighted by Gasteiger charge is -2.37. The number of allylic oxidation sites excluding steroid dienone is 6. The fraction of sp³-hybridized carbons (Fsp3) is 0.400. The SMILES string of the molecule is CC(=O)OCC1C=CC(C)C2=C1C(=O)C1=C(C2=O)C(C)(C)C=CC1=O. The van der Waals surface area contributed by atoms with Crippen molar-refractivity contribution in [3.63, 3.8) is 0 Å². The van der Waals surface area contributed by atoms with Crippen molar-refractivity contribution in [2.45, 2.75) is 27.7 Å². The van der Waals surface area contributed by atoms with Gasteiger partial charge in [0.15, 0.2) is 17.3 Å². The van der Waals surface area contributed by atoms with E-state index < -0.39 is 28.9 Å². The van der Waals surface area contributed by atoms with Crippen LogP contribution in [-0.4, -0.2) is 29.9 Å². The second kappa shape index (κ2) is 5.76. The summed E-state index contributed by atoms with van der Waals surface area (Å²) >= 11 is 0. The normalized spacial score (nSPS) is 27.4. The molecule has 0 N–H and O–H groups in total. The third-order valence-corrected chi connectivity index (χ3v) is 4.95. The van der Waals surface area contributed by atoms with E-state index in [1.165, 1.54) is 13.0 Å². The highest BCUT2D eigenvalue weighted by Crippen LogP contribution is 2.45. The van der Waals surface area contributed by atoms with E-state index in [1.807, 2.05) is 26.8 Å². The summed E-state index contributed by atoms with van der Waals surface area (Å²) in [4.78, 5) is 49.8. The lowest BCUT2D eigenvalue weighted by molar-refractivity contribution is -0.141. The summed E-state index contributed by atoms with van der Waals surface area (Å²) in [6.07, 6.45) is 6.65. The molecule has 0 aromatic rings. The molecule has 0 spiro atoms. The first-order valence-corrected chi connectivity index (χ1v) is 8.28. The summed E-state index contributed by atoms with van der Waals surface area (Å²) in [6.45, 7) is 6.75. The van der Waals surface area contributed by atoms with Gasteiger partial charge in [0.1, 0.15) is 6.61 Å². The molecule has 3 aliphatic carbocycles. The summed E-state index contributed by atoms with van der Waals surface area (Å²) in [5.41, 5.74) is 0.267. The quantitative estimate of drug-likeness (QED) is 0.333. The van der Waals surface area contributed by atoms with E-state index in [1.54, 1.807) is 12.2 Å². The van der Waals surface area contributed by atoms with Crippen molar-refractivity contribution in [1.29, 1.82) is 0 Å². The standard InChI is InChI=1S/C20H20O5/c1-10-5-6-12(9-25-11(2)21)15-14(10)19(24)17-16(18(15)23)13(22)7-8-20(17,3)4/h5-8,10,12H,9H2,1-4H3. The average molecular weight is 340 g/mol.